The van der Waals surface area contributed by atoms with E-state index in [9.17, 15) is 9.59 Å². The predicted molar refractivity (Wildman–Crippen MR) is 151 cm³/mol. The van der Waals surface area contributed by atoms with E-state index in [2.05, 4.69) is 10.5 Å². The molecule has 4 aromatic carbocycles. The number of methoxy groups -OCH3 is 3. The Balaban J connectivity index is 1.30. The van der Waals surface area contributed by atoms with Crippen LogP contribution in [-0.4, -0.2) is 46.0 Å². The van der Waals surface area contributed by atoms with E-state index in [4.69, 9.17) is 23.7 Å². The number of carbonyl (C=O) groups is 2. The number of rotatable bonds is 11. The van der Waals surface area contributed by atoms with Crippen LogP contribution in [-0.2, 0) is 4.79 Å². The molecule has 0 aliphatic rings. The van der Waals surface area contributed by atoms with Crippen LogP contribution in [0.5, 0.6) is 28.7 Å². The molecule has 0 spiro atoms. The molecular weight excluding hydrogens is 512 g/mol. The van der Waals surface area contributed by atoms with Gasteiger partial charge in [-0.3, -0.25) is 4.79 Å². The summed E-state index contributed by atoms with van der Waals surface area (Å²) >= 11 is 0. The van der Waals surface area contributed by atoms with Crippen molar-refractivity contribution in [2.24, 2.45) is 5.10 Å². The lowest BCUT2D eigenvalue weighted by Gasteiger charge is -2.13. The van der Waals surface area contributed by atoms with Gasteiger partial charge < -0.3 is 23.7 Å². The van der Waals surface area contributed by atoms with Crippen LogP contribution in [0.1, 0.15) is 15.9 Å². The summed E-state index contributed by atoms with van der Waals surface area (Å²) in [6.45, 7) is -0.200. The third-order valence-corrected chi connectivity index (χ3v) is 5.70. The highest BCUT2D eigenvalue weighted by Crippen LogP contribution is 2.38. The van der Waals surface area contributed by atoms with E-state index in [0.29, 0.717) is 28.6 Å². The number of amides is 1. The van der Waals surface area contributed by atoms with Gasteiger partial charge >= 0.3 is 5.97 Å². The molecule has 9 heteroatoms. The zero-order valence-electron chi connectivity index (χ0n) is 22.2. The maximum absolute atomic E-state index is 12.8. The van der Waals surface area contributed by atoms with Crippen LogP contribution in [0.4, 0.5) is 0 Å². The highest BCUT2D eigenvalue weighted by atomic mass is 16.5. The zero-order valence-corrected chi connectivity index (χ0v) is 22.2. The van der Waals surface area contributed by atoms with Crippen LogP contribution in [0.2, 0.25) is 0 Å². The van der Waals surface area contributed by atoms with Crippen molar-refractivity contribution in [1.82, 2.24) is 5.43 Å². The average molecular weight is 541 g/mol. The standard InChI is InChI=1S/C31H28N2O7/c1-36-27-17-24(18-28(37-2)30(27)38-3)31(35)40-26-11-7-8-21(16-26)19-32-33-29(34)20-39-25-14-12-23(13-15-25)22-9-5-4-6-10-22/h4-19H,20H2,1-3H3,(H,33,34). The van der Waals surface area contributed by atoms with Gasteiger partial charge in [0.15, 0.2) is 18.1 Å². The number of nitrogens with one attached hydrogen (secondary N) is 1. The van der Waals surface area contributed by atoms with E-state index < -0.39 is 11.9 Å². The Morgan fingerprint density at radius 3 is 2.08 bits per heavy atom. The largest absolute Gasteiger partial charge is 0.493 e. The first-order valence-electron chi connectivity index (χ1n) is 12.2. The summed E-state index contributed by atoms with van der Waals surface area (Å²) in [6.07, 6.45) is 1.43. The van der Waals surface area contributed by atoms with Gasteiger partial charge in [-0.05, 0) is 53.1 Å². The Hall–Kier alpha value is -5.31. The molecule has 0 radical (unpaired) electrons. The number of hydrazone groups is 1. The predicted octanol–water partition coefficient (Wildman–Crippen LogP) is 5.13. The van der Waals surface area contributed by atoms with E-state index in [1.54, 1.807) is 24.3 Å². The van der Waals surface area contributed by atoms with Gasteiger partial charge in [0, 0.05) is 0 Å². The number of hydrogen-bond acceptors (Lipinski definition) is 8. The molecule has 4 rings (SSSR count). The quantitative estimate of drug-likeness (QED) is 0.122. The summed E-state index contributed by atoms with van der Waals surface area (Å²) in [5, 5.41) is 3.96. The molecule has 40 heavy (non-hydrogen) atoms. The monoisotopic (exact) mass is 540 g/mol. The molecular formula is C31H28N2O7. The van der Waals surface area contributed by atoms with Gasteiger partial charge in [-0.15, -0.1) is 0 Å². The van der Waals surface area contributed by atoms with Gasteiger partial charge in [0.05, 0.1) is 33.1 Å². The van der Waals surface area contributed by atoms with Gasteiger partial charge in [0.25, 0.3) is 5.91 Å². The van der Waals surface area contributed by atoms with E-state index in [1.807, 2.05) is 54.6 Å². The number of benzene rings is 4. The lowest BCUT2D eigenvalue weighted by Crippen LogP contribution is -2.24. The highest BCUT2D eigenvalue weighted by molar-refractivity contribution is 5.93. The minimum absolute atomic E-state index is 0.200. The fourth-order valence-corrected chi connectivity index (χ4v) is 3.76. The summed E-state index contributed by atoms with van der Waals surface area (Å²) in [5.41, 5.74) is 5.39. The lowest BCUT2D eigenvalue weighted by molar-refractivity contribution is -0.123. The van der Waals surface area contributed by atoms with Crippen LogP contribution >= 0.6 is 0 Å². The van der Waals surface area contributed by atoms with Gasteiger partial charge in [0.1, 0.15) is 11.5 Å². The molecule has 0 saturated carbocycles. The Labute approximate surface area is 231 Å². The fourth-order valence-electron chi connectivity index (χ4n) is 3.76. The lowest BCUT2D eigenvalue weighted by atomic mass is 10.1. The molecule has 0 unspecified atom stereocenters. The van der Waals surface area contributed by atoms with Gasteiger partial charge in [-0.2, -0.15) is 5.10 Å². The van der Waals surface area contributed by atoms with Crippen LogP contribution < -0.4 is 29.1 Å². The second kappa shape index (κ2) is 13.5. The van der Waals surface area contributed by atoms with Gasteiger partial charge in [-0.1, -0.05) is 54.6 Å². The zero-order chi connectivity index (χ0) is 28.3. The molecule has 0 saturated heterocycles. The summed E-state index contributed by atoms with van der Waals surface area (Å²) in [5.74, 6) is 0.853. The Morgan fingerprint density at radius 2 is 1.43 bits per heavy atom. The number of esters is 1. The smallest absolute Gasteiger partial charge is 0.343 e. The molecule has 0 fully saturated rings. The number of ether oxygens (including phenoxy) is 5. The first-order valence-corrected chi connectivity index (χ1v) is 12.2. The van der Waals surface area contributed by atoms with E-state index in [1.165, 1.54) is 39.7 Å². The number of carbonyl (C=O) groups excluding carboxylic acids is 2. The molecule has 0 heterocycles. The highest BCUT2D eigenvalue weighted by Gasteiger charge is 2.18. The summed E-state index contributed by atoms with van der Waals surface area (Å²) in [6, 6.07) is 27.1. The molecule has 0 aromatic heterocycles. The van der Waals surface area contributed by atoms with Crippen LogP contribution in [0, 0.1) is 0 Å². The first-order chi connectivity index (χ1) is 19.5. The molecule has 9 nitrogen and oxygen atoms in total. The van der Waals surface area contributed by atoms with E-state index >= 15 is 0 Å². The van der Waals surface area contributed by atoms with Crippen LogP contribution in [0.25, 0.3) is 11.1 Å². The molecule has 0 atom stereocenters. The van der Waals surface area contributed by atoms with Crippen molar-refractivity contribution in [3.8, 4) is 39.9 Å². The fraction of sp³-hybridized carbons (Fsp3) is 0.129. The Kier molecular flexibility index (Phi) is 9.34. The summed E-state index contributed by atoms with van der Waals surface area (Å²) in [4.78, 5) is 24.9. The SMILES string of the molecule is COc1cc(C(=O)Oc2cccc(C=NNC(=O)COc3ccc(-c4ccccc4)cc3)c2)cc(OC)c1OC. The number of nitrogens with zero attached hydrogens (tertiary/aromatic N) is 1. The molecule has 0 aliphatic carbocycles. The summed E-state index contributed by atoms with van der Waals surface area (Å²) in [7, 11) is 4.40. The Bertz CT molecular complexity index is 1460. The molecule has 1 N–H and O–H groups in total. The minimum Gasteiger partial charge on any atom is -0.493 e. The average Bonchev–Trinajstić information content (AvgIpc) is 3.00. The van der Waals surface area contributed by atoms with Crippen molar-refractivity contribution in [2.45, 2.75) is 0 Å². The normalized spacial score (nSPS) is 10.6. The van der Waals surface area contributed by atoms with Crippen LogP contribution in [0.3, 0.4) is 0 Å². The molecule has 1 amide bonds. The second-order valence-corrected chi connectivity index (χ2v) is 8.35. The number of hydrogen-bond donors (Lipinski definition) is 1. The Morgan fingerprint density at radius 1 is 0.750 bits per heavy atom. The van der Waals surface area contributed by atoms with Crippen molar-refractivity contribution in [1.29, 1.82) is 0 Å². The summed E-state index contributed by atoms with van der Waals surface area (Å²) < 4.78 is 26.9. The first kappa shape index (κ1) is 27.7. The molecule has 0 aliphatic heterocycles. The maximum atomic E-state index is 12.8. The van der Waals surface area contributed by atoms with E-state index in [0.717, 1.165) is 11.1 Å². The van der Waals surface area contributed by atoms with Gasteiger partial charge in [-0.25, -0.2) is 10.2 Å². The maximum Gasteiger partial charge on any atom is 0.343 e. The third kappa shape index (κ3) is 7.16. The van der Waals surface area contributed by atoms with E-state index in [-0.39, 0.29) is 17.9 Å². The molecule has 204 valence electrons. The molecule has 4 aromatic rings. The second-order valence-electron chi connectivity index (χ2n) is 8.35. The molecule has 0 bridgehead atoms. The van der Waals surface area contributed by atoms with Crippen molar-refractivity contribution >= 4 is 18.1 Å². The van der Waals surface area contributed by atoms with Crippen LogP contribution in [0.15, 0.2) is 96.1 Å². The van der Waals surface area contributed by atoms with Crippen molar-refractivity contribution in [3.63, 3.8) is 0 Å². The van der Waals surface area contributed by atoms with Crippen molar-refractivity contribution in [3.05, 3.63) is 102 Å². The minimum atomic E-state index is -0.615. The van der Waals surface area contributed by atoms with Gasteiger partial charge in [0.2, 0.25) is 5.75 Å². The van der Waals surface area contributed by atoms with Crippen molar-refractivity contribution in [2.75, 3.05) is 27.9 Å². The topological polar surface area (TPSA) is 105 Å². The van der Waals surface area contributed by atoms with Crippen molar-refractivity contribution < 1.29 is 33.3 Å². The third-order valence-electron chi connectivity index (χ3n) is 5.70.